The van der Waals surface area contributed by atoms with Gasteiger partial charge in [-0.15, -0.1) is 0 Å². The van der Waals surface area contributed by atoms with Crippen molar-refractivity contribution in [1.82, 2.24) is 10.4 Å². The molecule has 1 amide bonds. The maximum Gasteiger partial charge on any atom is 0.239 e. The van der Waals surface area contributed by atoms with Gasteiger partial charge in [-0.1, -0.05) is 17.4 Å². The molecule has 0 aliphatic carbocycles. The number of nitrogens with zero attached hydrogens (tertiary/aromatic N) is 1. The average molecular weight is 423 g/mol. The van der Waals surface area contributed by atoms with E-state index >= 15 is 0 Å². The third kappa shape index (κ3) is 4.39. The SMILES string of the molecule is COc1ccc(C)c2sc(NNC(=O)CCS(=O)(=O)c3ccc(F)cc3)nc12. The molecule has 1 heterocycles. The van der Waals surface area contributed by atoms with E-state index in [4.69, 9.17) is 4.74 Å². The number of anilines is 1. The number of fused-ring (bicyclic) bond motifs is 1. The lowest BCUT2D eigenvalue weighted by atomic mass is 10.2. The van der Waals surface area contributed by atoms with Crippen molar-refractivity contribution in [1.29, 1.82) is 0 Å². The van der Waals surface area contributed by atoms with Gasteiger partial charge in [-0.2, -0.15) is 0 Å². The van der Waals surface area contributed by atoms with Crippen LogP contribution in [0, 0.1) is 12.7 Å². The highest BCUT2D eigenvalue weighted by atomic mass is 32.2. The summed E-state index contributed by atoms with van der Waals surface area (Å²) in [5.41, 5.74) is 6.86. The summed E-state index contributed by atoms with van der Waals surface area (Å²) in [7, 11) is -2.12. The number of carbonyl (C=O) groups is 1. The Kier molecular flexibility index (Phi) is 5.80. The molecule has 10 heteroatoms. The van der Waals surface area contributed by atoms with Crippen LogP contribution in [-0.2, 0) is 14.6 Å². The molecule has 0 fully saturated rings. The Bertz CT molecular complexity index is 1110. The highest BCUT2D eigenvalue weighted by molar-refractivity contribution is 7.91. The van der Waals surface area contributed by atoms with Crippen LogP contribution >= 0.6 is 11.3 Å². The largest absolute Gasteiger partial charge is 0.494 e. The van der Waals surface area contributed by atoms with Crippen LogP contribution in [-0.4, -0.2) is 32.2 Å². The molecular formula is C18H18FN3O4S2. The molecule has 2 aromatic carbocycles. The maximum absolute atomic E-state index is 12.9. The van der Waals surface area contributed by atoms with E-state index in [1.807, 2.05) is 19.1 Å². The molecular weight excluding hydrogens is 405 g/mol. The van der Waals surface area contributed by atoms with E-state index in [-0.39, 0.29) is 17.1 Å². The molecule has 2 N–H and O–H groups in total. The highest BCUT2D eigenvalue weighted by Crippen LogP contribution is 2.34. The smallest absolute Gasteiger partial charge is 0.239 e. The summed E-state index contributed by atoms with van der Waals surface area (Å²) in [5.74, 6) is -0.794. The van der Waals surface area contributed by atoms with Crippen molar-refractivity contribution in [2.75, 3.05) is 18.3 Å². The summed E-state index contributed by atoms with van der Waals surface area (Å²) in [6, 6.07) is 8.23. The van der Waals surface area contributed by atoms with Gasteiger partial charge in [0.2, 0.25) is 11.0 Å². The number of carbonyl (C=O) groups excluding carboxylic acids is 1. The van der Waals surface area contributed by atoms with Crippen LogP contribution in [0.3, 0.4) is 0 Å². The fourth-order valence-electron chi connectivity index (χ4n) is 2.50. The molecule has 0 radical (unpaired) electrons. The molecule has 0 unspecified atom stereocenters. The van der Waals surface area contributed by atoms with Crippen molar-refractivity contribution in [3.63, 3.8) is 0 Å². The summed E-state index contributed by atoms with van der Waals surface area (Å²) in [6.07, 6.45) is -0.250. The van der Waals surface area contributed by atoms with E-state index in [9.17, 15) is 17.6 Å². The number of hydrazine groups is 1. The van der Waals surface area contributed by atoms with Gasteiger partial charge in [0.15, 0.2) is 9.84 Å². The van der Waals surface area contributed by atoms with Crippen molar-refractivity contribution in [3.05, 3.63) is 47.8 Å². The Morgan fingerprint density at radius 1 is 1.21 bits per heavy atom. The van der Waals surface area contributed by atoms with Crippen LogP contribution < -0.4 is 15.6 Å². The molecule has 0 saturated carbocycles. The molecule has 0 aliphatic rings. The zero-order chi connectivity index (χ0) is 20.3. The summed E-state index contributed by atoms with van der Waals surface area (Å²) < 4.78 is 43.5. The molecule has 0 atom stereocenters. The Morgan fingerprint density at radius 2 is 1.93 bits per heavy atom. The van der Waals surface area contributed by atoms with E-state index < -0.39 is 21.6 Å². The number of hydrogen-bond acceptors (Lipinski definition) is 7. The highest BCUT2D eigenvalue weighted by Gasteiger charge is 2.17. The minimum atomic E-state index is -3.68. The fourth-order valence-corrected chi connectivity index (χ4v) is 4.65. The van der Waals surface area contributed by atoms with Crippen molar-refractivity contribution in [3.8, 4) is 5.75 Å². The summed E-state index contributed by atoms with van der Waals surface area (Å²) in [4.78, 5) is 16.4. The van der Waals surface area contributed by atoms with Gasteiger partial charge in [0.25, 0.3) is 0 Å². The molecule has 7 nitrogen and oxygen atoms in total. The second-order valence-corrected chi connectivity index (χ2v) is 9.09. The van der Waals surface area contributed by atoms with Gasteiger partial charge < -0.3 is 4.74 Å². The molecule has 1 aromatic heterocycles. The van der Waals surface area contributed by atoms with E-state index in [0.717, 1.165) is 22.4 Å². The Labute approximate surface area is 165 Å². The lowest BCUT2D eigenvalue weighted by Gasteiger charge is -2.06. The van der Waals surface area contributed by atoms with Gasteiger partial charge >= 0.3 is 0 Å². The van der Waals surface area contributed by atoms with Gasteiger partial charge in [0.05, 0.1) is 22.5 Å². The molecule has 0 aliphatic heterocycles. The van der Waals surface area contributed by atoms with Crippen LogP contribution in [0.1, 0.15) is 12.0 Å². The lowest BCUT2D eigenvalue weighted by Crippen LogP contribution is -2.30. The molecule has 3 aromatic rings. The van der Waals surface area contributed by atoms with Crippen molar-refractivity contribution < 1.29 is 22.3 Å². The van der Waals surface area contributed by atoms with Crippen LogP contribution in [0.25, 0.3) is 10.2 Å². The number of hydrogen-bond donors (Lipinski definition) is 2. The Hall–Kier alpha value is -2.72. The average Bonchev–Trinajstić information content (AvgIpc) is 3.11. The van der Waals surface area contributed by atoms with E-state index in [1.165, 1.54) is 23.5 Å². The predicted octanol–water partition coefficient (Wildman–Crippen LogP) is 3.06. The maximum atomic E-state index is 12.9. The van der Waals surface area contributed by atoms with Gasteiger partial charge in [-0.25, -0.2) is 17.8 Å². The van der Waals surface area contributed by atoms with Crippen molar-refractivity contribution in [2.24, 2.45) is 0 Å². The Balaban J connectivity index is 1.61. The number of nitrogens with one attached hydrogen (secondary N) is 2. The summed E-state index contributed by atoms with van der Waals surface area (Å²) in [5, 5.41) is 0.456. The quantitative estimate of drug-likeness (QED) is 0.448. The number of benzene rings is 2. The number of rotatable bonds is 7. The van der Waals surface area contributed by atoms with Gasteiger partial charge in [0, 0.05) is 6.42 Å². The molecule has 3 rings (SSSR count). The first-order chi connectivity index (χ1) is 13.3. The monoisotopic (exact) mass is 423 g/mol. The fraction of sp³-hybridized carbons (Fsp3) is 0.222. The molecule has 0 spiro atoms. The molecule has 148 valence electrons. The number of ether oxygens (including phenoxy) is 1. The lowest BCUT2D eigenvalue weighted by molar-refractivity contribution is -0.120. The van der Waals surface area contributed by atoms with Gasteiger partial charge in [-0.05, 0) is 42.8 Å². The minimum Gasteiger partial charge on any atom is -0.494 e. The zero-order valence-electron chi connectivity index (χ0n) is 15.2. The second-order valence-electron chi connectivity index (χ2n) is 5.98. The third-order valence-electron chi connectivity index (χ3n) is 4.00. The first-order valence-corrected chi connectivity index (χ1v) is 10.7. The summed E-state index contributed by atoms with van der Waals surface area (Å²) in [6.45, 7) is 1.95. The first-order valence-electron chi connectivity index (χ1n) is 8.27. The van der Waals surface area contributed by atoms with Crippen LogP contribution in [0.4, 0.5) is 9.52 Å². The van der Waals surface area contributed by atoms with Gasteiger partial charge in [0.1, 0.15) is 17.1 Å². The zero-order valence-corrected chi connectivity index (χ0v) is 16.8. The number of methoxy groups -OCH3 is 1. The van der Waals surface area contributed by atoms with Crippen LogP contribution in [0.15, 0.2) is 41.3 Å². The standard InChI is InChI=1S/C18H18FN3O4S2/c1-11-3-8-14(26-2)16-17(11)27-18(20-16)22-21-15(23)9-10-28(24,25)13-6-4-12(19)5-7-13/h3-8H,9-10H2,1-2H3,(H,20,22)(H,21,23). The number of halogens is 1. The predicted molar refractivity (Wildman–Crippen MR) is 106 cm³/mol. The Morgan fingerprint density at radius 3 is 2.61 bits per heavy atom. The second kappa shape index (κ2) is 8.11. The summed E-state index contributed by atoms with van der Waals surface area (Å²) >= 11 is 1.35. The number of amides is 1. The van der Waals surface area contributed by atoms with Crippen LogP contribution in [0.5, 0.6) is 5.75 Å². The van der Waals surface area contributed by atoms with Crippen LogP contribution in [0.2, 0.25) is 0 Å². The normalized spacial score (nSPS) is 11.4. The van der Waals surface area contributed by atoms with Gasteiger partial charge in [-0.3, -0.25) is 15.6 Å². The van der Waals surface area contributed by atoms with E-state index in [2.05, 4.69) is 15.8 Å². The third-order valence-corrected chi connectivity index (χ3v) is 6.84. The molecule has 0 bridgehead atoms. The van der Waals surface area contributed by atoms with E-state index in [0.29, 0.717) is 16.4 Å². The topological polar surface area (TPSA) is 97.4 Å². The number of thiazole rings is 1. The first kappa shape index (κ1) is 20.0. The minimum absolute atomic E-state index is 0.0246. The number of aryl methyl sites for hydroxylation is 1. The van der Waals surface area contributed by atoms with Crippen molar-refractivity contribution >= 4 is 42.4 Å². The molecule has 28 heavy (non-hydrogen) atoms. The van der Waals surface area contributed by atoms with Crippen molar-refractivity contribution in [2.45, 2.75) is 18.2 Å². The number of sulfone groups is 1. The molecule has 0 saturated heterocycles. The van der Waals surface area contributed by atoms with E-state index in [1.54, 1.807) is 7.11 Å². The number of aromatic nitrogens is 1.